The molecule has 0 bridgehead atoms. The van der Waals surface area contributed by atoms with Gasteiger partial charge in [-0.2, -0.15) is 0 Å². The lowest BCUT2D eigenvalue weighted by Crippen LogP contribution is -2.34. The molecule has 0 aliphatic carbocycles. The zero-order valence-electron chi connectivity index (χ0n) is 10.2. The number of carbonyl (C=O) groups excluding carboxylic acids is 1. The van der Waals surface area contributed by atoms with Gasteiger partial charge in [0, 0.05) is 22.2 Å². The number of carbonyl (C=O) groups is 1. The molecule has 106 valence electrons. The van der Waals surface area contributed by atoms with Crippen LogP contribution in [0.3, 0.4) is 0 Å². The van der Waals surface area contributed by atoms with Crippen LogP contribution >= 0.6 is 34.2 Å². The van der Waals surface area contributed by atoms with Crippen molar-refractivity contribution in [3.8, 4) is 0 Å². The zero-order chi connectivity index (χ0) is 14.5. The third-order valence-corrected chi connectivity index (χ3v) is 5.24. The number of rotatable bonds is 6. The summed E-state index contributed by atoms with van der Waals surface area (Å²) in [5, 5.41) is 3.03. The van der Waals surface area contributed by atoms with Crippen LogP contribution in [0.5, 0.6) is 0 Å². The molecule has 1 amide bonds. The highest BCUT2D eigenvalue weighted by Crippen LogP contribution is 2.19. The summed E-state index contributed by atoms with van der Waals surface area (Å²) in [5.41, 5.74) is 0.409. The molecular weight excluding hydrogens is 403 g/mol. The lowest BCUT2D eigenvalue weighted by molar-refractivity contribution is 0.0956. The first-order chi connectivity index (χ1) is 8.85. The molecule has 19 heavy (non-hydrogen) atoms. The van der Waals surface area contributed by atoms with Crippen molar-refractivity contribution in [1.29, 1.82) is 0 Å². The van der Waals surface area contributed by atoms with E-state index in [1.54, 1.807) is 25.1 Å². The van der Waals surface area contributed by atoms with Gasteiger partial charge in [0.25, 0.3) is 5.91 Å². The molecule has 0 aliphatic heterocycles. The summed E-state index contributed by atoms with van der Waals surface area (Å²) in [7, 11) is -3.32. The van der Waals surface area contributed by atoms with Gasteiger partial charge in [-0.05, 0) is 40.8 Å². The molecule has 0 saturated heterocycles. The van der Waals surface area contributed by atoms with Gasteiger partial charge in [-0.15, -0.1) is 0 Å². The number of hydrogen-bond donors (Lipinski definition) is 2. The van der Waals surface area contributed by atoms with Crippen molar-refractivity contribution < 1.29 is 13.2 Å². The summed E-state index contributed by atoms with van der Waals surface area (Å²) in [4.78, 5) is 11.8. The van der Waals surface area contributed by atoms with Gasteiger partial charge < -0.3 is 5.32 Å². The van der Waals surface area contributed by atoms with Crippen molar-refractivity contribution in [3.05, 3.63) is 32.4 Å². The van der Waals surface area contributed by atoms with E-state index in [0.29, 0.717) is 17.1 Å². The summed E-state index contributed by atoms with van der Waals surface area (Å²) in [6.07, 6.45) is 0. The molecule has 5 nitrogen and oxygen atoms in total. The Morgan fingerprint density at radius 3 is 2.68 bits per heavy atom. The van der Waals surface area contributed by atoms with E-state index in [-0.39, 0.29) is 18.2 Å². The van der Waals surface area contributed by atoms with Crippen LogP contribution in [0.1, 0.15) is 17.3 Å². The Morgan fingerprint density at radius 2 is 2.11 bits per heavy atom. The van der Waals surface area contributed by atoms with Crippen molar-refractivity contribution in [2.75, 3.05) is 18.8 Å². The number of sulfonamides is 1. The van der Waals surface area contributed by atoms with Gasteiger partial charge in [0.15, 0.2) is 0 Å². The van der Waals surface area contributed by atoms with Gasteiger partial charge in [-0.1, -0.05) is 18.5 Å². The van der Waals surface area contributed by atoms with Crippen molar-refractivity contribution in [3.63, 3.8) is 0 Å². The van der Waals surface area contributed by atoms with E-state index >= 15 is 0 Å². The largest absolute Gasteiger partial charge is 0.351 e. The van der Waals surface area contributed by atoms with Crippen LogP contribution in [0.15, 0.2) is 18.2 Å². The second kappa shape index (κ2) is 7.41. The van der Waals surface area contributed by atoms with Crippen LogP contribution in [-0.2, 0) is 10.0 Å². The first-order valence-corrected chi connectivity index (χ1v) is 8.67. The summed E-state index contributed by atoms with van der Waals surface area (Å²) in [6, 6.07) is 4.92. The van der Waals surface area contributed by atoms with Crippen LogP contribution in [0.2, 0.25) is 5.02 Å². The molecule has 1 rings (SSSR count). The molecule has 1 aromatic rings. The standard InChI is InChI=1S/C11H14ClIN2O3S/c1-2-15-19(17,18)6-5-14-11(16)8-3-4-10(13)9(12)7-8/h3-4,7,15H,2,5-6H2,1H3,(H,14,16). The molecule has 0 unspecified atom stereocenters. The predicted molar refractivity (Wildman–Crippen MR) is 84.0 cm³/mol. The Bertz CT molecular complexity index is 563. The Hall–Kier alpha value is -0.380. The quantitative estimate of drug-likeness (QED) is 0.692. The van der Waals surface area contributed by atoms with E-state index in [4.69, 9.17) is 11.6 Å². The average Bonchev–Trinajstić information content (AvgIpc) is 2.32. The first-order valence-electron chi connectivity index (χ1n) is 5.56. The van der Waals surface area contributed by atoms with E-state index in [2.05, 4.69) is 32.6 Å². The monoisotopic (exact) mass is 416 g/mol. The molecule has 1 aromatic carbocycles. The molecule has 0 fully saturated rings. The van der Waals surface area contributed by atoms with Crippen LogP contribution < -0.4 is 10.0 Å². The lowest BCUT2D eigenvalue weighted by Gasteiger charge is -2.07. The minimum atomic E-state index is -3.32. The highest BCUT2D eigenvalue weighted by Gasteiger charge is 2.11. The van der Waals surface area contributed by atoms with Gasteiger partial charge in [0.2, 0.25) is 10.0 Å². The van der Waals surface area contributed by atoms with Gasteiger partial charge in [0.05, 0.1) is 10.8 Å². The summed E-state index contributed by atoms with van der Waals surface area (Å²) < 4.78 is 25.9. The minimum Gasteiger partial charge on any atom is -0.351 e. The number of hydrogen-bond acceptors (Lipinski definition) is 3. The predicted octanol–water partition coefficient (Wildman–Crippen LogP) is 1.61. The SMILES string of the molecule is CCNS(=O)(=O)CCNC(=O)c1ccc(I)c(Cl)c1. The fourth-order valence-corrected chi connectivity index (χ4v) is 2.80. The maximum absolute atomic E-state index is 11.8. The fourth-order valence-electron chi connectivity index (χ4n) is 1.33. The Kier molecular flexibility index (Phi) is 6.51. The van der Waals surface area contributed by atoms with E-state index in [1.165, 1.54) is 0 Å². The Balaban J connectivity index is 2.54. The van der Waals surface area contributed by atoms with Crippen molar-refractivity contribution >= 4 is 50.1 Å². The molecule has 0 atom stereocenters. The molecule has 0 radical (unpaired) electrons. The summed E-state index contributed by atoms with van der Waals surface area (Å²) in [6.45, 7) is 2.09. The fraction of sp³-hybridized carbons (Fsp3) is 0.364. The lowest BCUT2D eigenvalue weighted by atomic mass is 10.2. The van der Waals surface area contributed by atoms with Crippen molar-refractivity contribution in [1.82, 2.24) is 10.0 Å². The molecule has 0 aromatic heterocycles. The van der Waals surface area contributed by atoms with Gasteiger partial charge in [-0.25, -0.2) is 13.1 Å². The topological polar surface area (TPSA) is 75.3 Å². The molecular formula is C11H14ClIN2O3S. The van der Waals surface area contributed by atoms with Crippen LogP contribution in [0, 0.1) is 3.57 Å². The second-order valence-electron chi connectivity index (χ2n) is 3.70. The van der Waals surface area contributed by atoms with Crippen molar-refractivity contribution in [2.24, 2.45) is 0 Å². The average molecular weight is 417 g/mol. The maximum Gasteiger partial charge on any atom is 0.251 e. The molecule has 0 saturated carbocycles. The molecule has 0 spiro atoms. The van der Waals surface area contributed by atoms with E-state index in [1.807, 2.05) is 0 Å². The second-order valence-corrected chi connectivity index (χ2v) is 7.20. The van der Waals surface area contributed by atoms with Crippen LogP contribution in [0.4, 0.5) is 0 Å². The van der Waals surface area contributed by atoms with E-state index in [0.717, 1.165) is 3.57 Å². The van der Waals surface area contributed by atoms with Gasteiger partial charge in [-0.3, -0.25) is 4.79 Å². The van der Waals surface area contributed by atoms with Crippen LogP contribution in [-0.4, -0.2) is 33.2 Å². The van der Waals surface area contributed by atoms with Gasteiger partial charge >= 0.3 is 0 Å². The smallest absolute Gasteiger partial charge is 0.251 e. The van der Waals surface area contributed by atoms with E-state index < -0.39 is 10.0 Å². The van der Waals surface area contributed by atoms with Crippen LogP contribution in [0.25, 0.3) is 0 Å². The number of halogens is 2. The van der Waals surface area contributed by atoms with Crippen molar-refractivity contribution in [2.45, 2.75) is 6.92 Å². The summed E-state index contributed by atoms with van der Waals surface area (Å²) in [5.74, 6) is -0.491. The molecule has 2 N–H and O–H groups in total. The Morgan fingerprint density at radius 1 is 1.42 bits per heavy atom. The molecule has 8 heteroatoms. The third kappa shape index (κ3) is 5.64. The number of amides is 1. The number of nitrogens with one attached hydrogen (secondary N) is 2. The summed E-state index contributed by atoms with van der Waals surface area (Å²) >= 11 is 7.97. The number of benzene rings is 1. The zero-order valence-corrected chi connectivity index (χ0v) is 14.0. The highest BCUT2D eigenvalue weighted by molar-refractivity contribution is 14.1. The third-order valence-electron chi connectivity index (χ3n) is 2.20. The Labute approximate surface area is 131 Å². The van der Waals surface area contributed by atoms with E-state index in [9.17, 15) is 13.2 Å². The minimum absolute atomic E-state index is 0.0533. The highest BCUT2D eigenvalue weighted by atomic mass is 127. The first kappa shape index (κ1) is 16.7. The maximum atomic E-state index is 11.8. The molecule has 0 heterocycles. The van der Waals surface area contributed by atoms with Gasteiger partial charge in [0.1, 0.15) is 0 Å². The molecule has 0 aliphatic rings. The normalized spacial score (nSPS) is 11.3.